The molecule has 180 valence electrons. The van der Waals surface area contributed by atoms with Gasteiger partial charge in [0.2, 0.25) is 0 Å². The van der Waals surface area contributed by atoms with Crippen LogP contribution in [0.3, 0.4) is 0 Å². The van der Waals surface area contributed by atoms with Crippen LogP contribution in [0.5, 0.6) is 0 Å². The van der Waals surface area contributed by atoms with Crippen molar-refractivity contribution in [2.75, 3.05) is 13.2 Å². The summed E-state index contributed by atoms with van der Waals surface area (Å²) in [5.74, 6) is -0.143. The van der Waals surface area contributed by atoms with Gasteiger partial charge in [-0.2, -0.15) is 0 Å². The molecule has 32 heavy (non-hydrogen) atoms. The van der Waals surface area contributed by atoms with Gasteiger partial charge in [0.15, 0.2) is 11.6 Å². The fourth-order valence-corrected chi connectivity index (χ4v) is 5.80. The number of nitrogens with zero attached hydrogens (tertiary/aromatic N) is 3. The third kappa shape index (κ3) is 6.54. The number of imidazole rings is 1. The summed E-state index contributed by atoms with van der Waals surface area (Å²) in [6.07, 6.45) is 12.3. The summed E-state index contributed by atoms with van der Waals surface area (Å²) in [5, 5.41) is -0.0864. The zero-order valence-corrected chi connectivity index (χ0v) is 20.0. The molecule has 10 heteroatoms. The van der Waals surface area contributed by atoms with Crippen molar-refractivity contribution in [3.8, 4) is 0 Å². The molecule has 0 bridgehead atoms. The van der Waals surface area contributed by atoms with Crippen molar-refractivity contribution < 1.29 is 22.7 Å². The molecule has 0 atom stereocenters. The standard InChI is InChI=1S/C22H36N4O5S/c1-17-24-20(15-25(17)2)32(29,30)23-14-13-22(28)31-16-21(27)26(18-9-5-3-6-10-18)19-11-7-4-8-12-19/h15,18-19,23H,3-14,16H2,1-2H3. The molecule has 1 N–H and O–H groups in total. The molecular formula is C22H36N4O5S. The molecule has 9 nitrogen and oxygen atoms in total. The molecule has 3 rings (SSSR count). The Labute approximate surface area is 190 Å². The van der Waals surface area contributed by atoms with Gasteiger partial charge in [0.05, 0.1) is 6.42 Å². The zero-order valence-electron chi connectivity index (χ0n) is 19.2. The normalized spacial score (nSPS) is 18.4. The smallest absolute Gasteiger partial charge is 0.307 e. The summed E-state index contributed by atoms with van der Waals surface area (Å²) >= 11 is 0. The van der Waals surface area contributed by atoms with Gasteiger partial charge in [-0.3, -0.25) is 9.59 Å². The third-order valence-electron chi connectivity index (χ3n) is 6.56. The Bertz CT molecular complexity index is 849. The Balaban J connectivity index is 1.48. The first-order chi connectivity index (χ1) is 15.3. The molecule has 1 aromatic heterocycles. The lowest BCUT2D eigenvalue weighted by Crippen LogP contribution is -2.50. The largest absolute Gasteiger partial charge is 0.456 e. The Kier molecular flexibility index (Phi) is 8.70. The highest BCUT2D eigenvalue weighted by Gasteiger charge is 2.32. The number of carbonyl (C=O) groups is 2. The quantitative estimate of drug-likeness (QED) is 0.557. The SMILES string of the molecule is Cc1nc(S(=O)(=O)NCCC(=O)OCC(=O)N(C2CCCCC2)C2CCCCC2)cn1C. The molecule has 0 aliphatic heterocycles. The number of sulfonamides is 1. The van der Waals surface area contributed by atoms with E-state index in [9.17, 15) is 18.0 Å². The molecule has 0 radical (unpaired) electrons. The van der Waals surface area contributed by atoms with Gasteiger partial charge in [-0.1, -0.05) is 38.5 Å². The number of rotatable bonds is 9. The summed E-state index contributed by atoms with van der Waals surface area (Å²) in [6, 6.07) is 0.485. The molecule has 0 unspecified atom stereocenters. The molecule has 2 saturated carbocycles. The van der Waals surface area contributed by atoms with Crippen molar-refractivity contribution >= 4 is 21.9 Å². The number of carbonyl (C=O) groups excluding carboxylic acids is 2. The lowest BCUT2D eigenvalue weighted by Gasteiger charge is -2.41. The fraction of sp³-hybridized carbons (Fsp3) is 0.773. The number of aryl methyl sites for hydroxylation is 2. The first-order valence-electron chi connectivity index (χ1n) is 11.7. The molecule has 2 aliphatic carbocycles. The van der Waals surface area contributed by atoms with E-state index in [1.165, 1.54) is 19.0 Å². The van der Waals surface area contributed by atoms with Gasteiger partial charge in [0, 0.05) is 31.9 Å². The van der Waals surface area contributed by atoms with E-state index in [0.717, 1.165) is 51.4 Å². The van der Waals surface area contributed by atoms with Crippen molar-refractivity contribution in [3.05, 3.63) is 12.0 Å². The van der Waals surface area contributed by atoms with Crippen LogP contribution in [0.4, 0.5) is 0 Å². The second kappa shape index (κ2) is 11.3. The number of nitrogens with one attached hydrogen (secondary N) is 1. The van der Waals surface area contributed by atoms with Gasteiger partial charge in [-0.05, 0) is 32.6 Å². The van der Waals surface area contributed by atoms with Crippen molar-refractivity contribution in [3.63, 3.8) is 0 Å². The molecule has 2 aliphatic rings. The molecular weight excluding hydrogens is 432 g/mol. The van der Waals surface area contributed by atoms with Crippen LogP contribution in [0, 0.1) is 6.92 Å². The number of aromatic nitrogens is 2. The van der Waals surface area contributed by atoms with E-state index in [2.05, 4.69) is 9.71 Å². The van der Waals surface area contributed by atoms with Gasteiger partial charge in [0.25, 0.3) is 15.9 Å². The monoisotopic (exact) mass is 468 g/mol. The predicted octanol–water partition coefficient (Wildman–Crippen LogP) is 2.43. The molecule has 2 fully saturated rings. The Morgan fingerprint density at radius 2 is 1.66 bits per heavy atom. The molecule has 0 spiro atoms. The first-order valence-corrected chi connectivity index (χ1v) is 13.2. The highest BCUT2D eigenvalue weighted by Crippen LogP contribution is 2.30. The third-order valence-corrected chi connectivity index (χ3v) is 7.90. The summed E-state index contributed by atoms with van der Waals surface area (Å²) < 4.78 is 33.8. The molecule has 1 heterocycles. The second-order valence-electron chi connectivity index (χ2n) is 8.93. The van der Waals surface area contributed by atoms with Crippen LogP contribution >= 0.6 is 0 Å². The summed E-state index contributed by atoms with van der Waals surface area (Å²) in [6.45, 7) is 1.31. The van der Waals surface area contributed by atoms with Crippen LogP contribution in [-0.4, -0.2) is 60.0 Å². The number of amides is 1. The van der Waals surface area contributed by atoms with Crippen molar-refractivity contribution in [2.24, 2.45) is 7.05 Å². The Morgan fingerprint density at radius 1 is 1.09 bits per heavy atom. The maximum absolute atomic E-state index is 13.0. The maximum Gasteiger partial charge on any atom is 0.307 e. The van der Waals surface area contributed by atoms with Gasteiger partial charge in [0.1, 0.15) is 5.82 Å². The van der Waals surface area contributed by atoms with E-state index < -0.39 is 16.0 Å². The van der Waals surface area contributed by atoms with Gasteiger partial charge in [-0.15, -0.1) is 0 Å². The van der Waals surface area contributed by atoms with Crippen molar-refractivity contribution in [2.45, 2.75) is 94.7 Å². The first kappa shape index (κ1) is 24.7. The van der Waals surface area contributed by atoms with Crippen LogP contribution in [0.2, 0.25) is 0 Å². The van der Waals surface area contributed by atoms with Crippen LogP contribution in [0.25, 0.3) is 0 Å². The topological polar surface area (TPSA) is 111 Å². The minimum absolute atomic E-state index is 0.0864. The maximum atomic E-state index is 13.0. The van der Waals surface area contributed by atoms with Gasteiger partial charge >= 0.3 is 5.97 Å². The van der Waals surface area contributed by atoms with E-state index in [-0.39, 0.29) is 42.6 Å². The van der Waals surface area contributed by atoms with Gasteiger partial charge in [-0.25, -0.2) is 18.1 Å². The van der Waals surface area contributed by atoms with E-state index in [1.807, 2.05) is 4.90 Å². The lowest BCUT2D eigenvalue weighted by atomic mass is 9.88. The average molecular weight is 469 g/mol. The van der Waals surface area contributed by atoms with Crippen LogP contribution in [0.1, 0.15) is 76.5 Å². The Morgan fingerprint density at radius 3 is 2.16 bits per heavy atom. The average Bonchev–Trinajstić information content (AvgIpc) is 3.13. The number of hydrogen-bond acceptors (Lipinski definition) is 6. The van der Waals surface area contributed by atoms with Gasteiger partial charge < -0.3 is 14.2 Å². The van der Waals surface area contributed by atoms with Crippen molar-refractivity contribution in [1.29, 1.82) is 0 Å². The molecule has 1 amide bonds. The second-order valence-corrected chi connectivity index (χ2v) is 10.6. The minimum Gasteiger partial charge on any atom is -0.456 e. The number of ether oxygens (including phenoxy) is 1. The lowest BCUT2D eigenvalue weighted by molar-refractivity contribution is -0.155. The zero-order chi connectivity index (χ0) is 23.1. The highest BCUT2D eigenvalue weighted by molar-refractivity contribution is 7.89. The van der Waals surface area contributed by atoms with Crippen LogP contribution < -0.4 is 4.72 Å². The number of esters is 1. The minimum atomic E-state index is -3.80. The fourth-order valence-electron chi connectivity index (χ4n) is 4.73. The summed E-state index contributed by atoms with van der Waals surface area (Å²) in [7, 11) is -2.09. The van der Waals surface area contributed by atoms with E-state index >= 15 is 0 Å². The van der Waals surface area contributed by atoms with Crippen LogP contribution in [-0.2, 0) is 31.4 Å². The molecule has 0 aromatic carbocycles. The van der Waals surface area contributed by atoms with E-state index in [1.54, 1.807) is 18.5 Å². The van der Waals surface area contributed by atoms with Crippen molar-refractivity contribution in [1.82, 2.24) is 19.2 Å². The van der Waals surface area contributed by atoms with E-state index in [4.69, 9.17) is 4.74 Å². The number of hydrogen-bond donors (Lipinski definition) is 1. The summed E-state index contributed by atoms with van der Waals surface area (Å²) in [5.41, 5.74) is 0. The predicted molar refractivity (Wildman–Crippen MR) is 119 cm³/mol. The summed E-state index contributed by atoms with van der Waals surface area (Å²) in [4.78, 5) is 31.2. The molecule has 0 saturated heterocycles. The van der Waals surface area contributed by atoms with E-state index in [0.29, 0.717) is 5.82 Å². The Hall–Kier alpha value is -1.94. The van der Waals surface area contributed by atoms with Crippen LogP contribution in [0.15, 0.2) is 11.2 Å². The highest BCUT2D eigenvalue weighted by atomic mass is 32.2. The molecule has 1 aromatic rings.